The lowest BCUT2D eigenvalue weighted by Gasteiger charge is -2.21. The maximum atomic E-state index is 12.1. The van der Waals surface area contributed by atoms with Crippen LogP contribution in [0.25, 0.3) is 0 Å². The van der Waals surface area contributed by atoms with Crippen molar-refractivity contribution in [3.63, 3.8) is 0 Å². The van der Waals surface area contributed by atoms with E-state index < -0.39 is 16.0 Å². The highest BCUT2D eigenvalue weighted by Crippen LogP contribution is 2.06. The lowest BCUT2D eigenvalue weighted by Crippen LogP contribution is -2.38. The number of rotatable bonds is 11. The maximum Gasteiger partial charge on any atom is 0.306 e. The van der Waals surface area contributed by atoms with Gasteiger partial charge in [-0.25, -0.2) is 8.42 Å². The van der Waals surface area contributed by atoms with Crippen molar-refractivity contribution in [1.29, 1.82) is 0 Å². The molecule has 0 aromatic carbocycles. The Morgan fingerprint density at radius 3 is 2.45 bits per heavy atom. The van der Waals surface area contributed by atoms with E-state index in [1.807, 2.05) is 0 Å². The van der Waals surface area contributed by atoms with Crippen molar-refractivity contribution in [2.75, 3.05) is 39.2 Å². The van der Waals surface area contributed by atoms with Gasteiger partial charge in [0, 0.05) is 26.6 Å². The summed E-state index contributed by atoms with van der Waals surface area (Å²) in [6.07, 6.45) is 0.115. The molecule has 0 unspecified atom stereocenters. The Kier molecular flexibility index (Phi) is 9.64. The molecule has 2 N–H and O–H groups in total. The Bertz CT molecular complexity index is 411. The molecule has 0 bridgehead atoms. The Morgan fingerprint density at radius 1 is 1.30 bits per heavy atom. The summed E-state index contributed by atoms with van der Waals surface area (Å²) in [6.45, 7) is 2.54. The molecule has 0 rings (SSSR count). The lowest BCUT2D eigenvalue weighted by atomic mass is 10.4. The quantitative estimate of drug-likeness (QED) is 0.418. The Hall–Kier alpha value is -0.770. The number of nitrogens with two attached hydrogens (primary N) is 1. The van der Waals surface area contributed by atoms with Crippen LogP contribution in [0.15, 0.2) is 0 Å². The van der Waals surface area contributed by atoms with Crippen LogP contribution in [0.2, 0.25) is 0 Å². The van der Waals surface area contributed by atoms with E-state index in [1.165, 1.54) is 11.4 Å². The molecule has 0 aromatic heterocycles. The number of hydrogen-bond acceptors (Lipinski definition) is 6. The van der Waals surface area contributed by atoms with Gasteiger partial charge in [-0.2, -0.15) is 4.31 Å². The minimum atomic E-state index is -3.57. The molecule has 0 heterocycles. The number of carbonyl (C=O) groups is 1. The van der Waals surface area contributed by atoms with E-state index in [0.29, 0.717) is 0 Å². The van der Waals surface area contributed by atoms with Gasteiger partial charge >= 0.3 is 5.97 Å². The van der Waals surface area contributed by atoms with Crippen molar-refractivity contribution in [1.82, 2.24) is 4.31 Å². The van der Waals surface area contributed by atoms with Gasteiger partial charge in [0.1, 0.15) is 0 Å². The molecule has 118 valence electrons. The van der Waals surface area contributed by atoms with Crippen LogP contribution in [-0.4, -0.2) is 62.8 Å². The summed E-state index contributed by atoms with van der Waals surface area (Å²) in [7, 11) is -2.08. The number of methoxy groups -OCH3 is 1. The van der Waals surface area contributed by atoms with Crippen LogP contribution >= 0.6 is 12.2 Å². The number of hydrogen-bond donors (Lipinski definition) is 1. The number of carbonyl (C=O) groups excluding carboxylic acids is 1. The van der Waals surface area contributed by atoms with Gasteiger partial charge in [-0.05, 0) is 6.92 Å². The molecule has 0 amide bonds. The second kappa shape index (κ2) is 10.0. The molecule has 0 saturated carbocycles. The number of nitrogens with zero attached hydrogens (tertiary/aromatic N) is 1. The third-order valence-electron chi connectivity index (χ3n) is 2.42. The molecule has 0 aliphatic heterocycles. The zero-order chi connectivity index (χ0) is 15.6. The molecule has 7 nitrogen and oxygen atoms in total. The number of esters is 1. The average molecular weight is 326 g/mol. The average Bonchev–Trinajstić information content (AvgIpc) is 2.36. The second-order valence-corrected chi connectivity index (χ2v) is 6.59. The zero-order valence-corrected chi connectivity index (χ0v) is 13.5. The lowest BCUT2D eigenvalue weighted by molar-refractivity contribution is -0.142. The third kappa shape index (κ3) is 8.41. The fraction of sp³-hybridized carbons (Fsp3) is 0.818. The van der Waals surface area contributed by atoms with E-state index in [0.717, 1.165) is 0 Å². The number of thiocarbonyl (C=S) groups is 1. The highest BCUT2D eigenvalue weighted by atomic mass is 32.2. The fourth-order valence-electron chi connectivity index (χ4n) is 1.39. The van der Waals surface area contributed by atoms with E-state index in [4.69, 9.17) is 27.4 Å². The topological polar surface area (TPSA) is 98.9 Å². The van der Waals surface area contributed by atoms with Crippen molar-refractivity contribution in [3.05, 3.63) is 0 Å². The van der Waals surface area contributed by atoms with E-state index in [9.17, 15) is 13.2 Å². The van der Waals surface area contributed by atoms with Crippen LogP contribution in [-0.2, 0) is 24.3 Å². The molecule has 0 fully saturated rings. The molecule has 0 spiro atoms. The first-order valence-corrected chi connectivity index (χ1v) is 8.26. The first kappa shape index (κ1) is 19.2. The Balaban J connectivity index is 4.58. The van der Waals surface area contributed by atoms with Gasteiger partial charge in [-0.1, -0.05) is 12.2 Å². The standard InChI is InChI=1S/C11H22N2O5S2/c1-3-18-11(14)5-9-20(15,16)13(7-8-17-2)6-4-10(12)19/h3-9H2,1-2H3,(H2,12,19). The normalized spacial score (nSPS) is 11.6. The SMILES string of the molecule is CCOC(=O)CCS(=O)(=O)N(CCOC)CCC(N)=S. The highest BCUT2D eigenvalue weighted by Gasteiger charge is 2.23. The number of sulfonamides is 1. The first-order chi connectivity index (χ1) is 9.33. The summed E-state index contributed by atoms with van der Waals surface area (Å²) < 4.78 is 35.1. The van der Waals surface area contributed by atoms with Crippen LogP contribution < -0.4 is 5.73 Å². The van der Waals surface area contributed by atoms with Crippen LogP contribution in [0.3, 0.4) is 0 Å². The predicted molar refractivity (Wildman–Crippen MR) is 79.9 cm³/mol. The largest absolute Gasteiger partial charge is 0.466 e. The van der Waals surface area contributed by atoms with Crippen LogP contribution in [0, 0.1) is 0 Å². The van der Waals surface area contributed by atoms with Crippen molar-refractivity contribution in [2.45, 2.75) is 19.8 Å². The summed E-state index contributed by atoms with van der Waals surface area (Å²) in [5.41, 5.74) is 5.38. The molecule has 0 radical (unpaired) electrons. The van der Waals surface area contributed by atoms with E-state index in [2.05, 4.69) is 0 Å². The van der Waals surface area contributed by atoms with Gasteiger partial charge in [-0.15, -0.1) is 0 Å². The van der Waals surface area contributed by atoms with Crippen LogP contribution in [0.5, 0.6) is 0 Å². The monoisotopic (exact) mass is 326 g/mol. The molecule has 0 aliphatic rings. The van der Waals surface area contributed by atoms with Gasteiger partial charge in [0.05, 0.1) is 30.4 Å². The summed E-state index contributed by atoms with van der Waals surface area (Å²) >= 11 is 4.74. The zero-order valence-electron chi connectivity index (χ0n) is 11.8. The molecular weight excluding hydrogens is 304 g/mol. The van der Waals surface area contributed by atoms with Gasteiger partial charge in [0.25, 0.3) is 0 Å². The van der Waals surface area contributed by atoms with Crippen LogP contribution in [0.1, 0.15) is 19.8 Å². The second-order valence-electron chi connectivity index (χ2n) is 3.98. The van der Waals surface area contributed by atoms with E-state index >= 15 is 0 Å². The smallest absolute Gasteiger partial charge is 0.306 e. The molecule has 0 saturated heterocycles. The Morgan fingerprint density at radius 2 is 1.95 bits per heavy atom. The molecule has 0 aliphatic carbocycles. The Labute approximate surface area is 125 Å². The summed E-state index contributed by atoms with van der Waals surface area (Å²) in [5, 5.41) is 0. The predicted octanol–water partition coefficient (Wildman–Crippen LogP) is -0.106. The van der Waals surface area contributed by atoms with Gasteiger partial charge in [0.15, 0.2) is 0 Å². The fourth-order valence-corrected chi connectivity index (χ4v) is 2.89. The van der Waals surface area contributed by atoms with E-state index in [-0.39, 0.29) is 49.9 Å². The van der Waals surface area contributed by atoms with Crippen LogP contribution in [0.4, 0.5) is 0 Å². The molecule has 9 heteroatoms. The van der Waals surface area contributed by atoms with E-state index in [1.54, 1.807) is 6.92 Å². The third-order valence-corrected chi connectivity index (χ3v) is 4.49. The summed E-state index contributed by atoms with van der Waals surface area (Å²) in [4.78, 5) is 11.5. The van der Waals surface area contributed by atoms with Gasteiger partial charge in [-0.3, -0.25) is 4.79 Å². The van der Waals surface area contributed by atoms with Gasteiger partial charge in [0.2, 0.25) is 10.0 Å². The maximum absolute atomic E-state index is 12.1. The molecule has 20 heavy (non-hydrogen) atoms. The minimum absolute atomic E-state index is 0.174. The van der Waals surface area contributed by atoms with Crippen molar-refractivity contribution >= 4 is 33.2 Å². The number of ether oxygens (including phenoxy) is 2. The first-order valence-electron chi connectivity index (χ1n) is 6.24. The van der Waals surface area contributed by atoms with Crippen molar-refractivity contribution in [3.8, 4) is 0 Å². The summed E-state index contributed by atoms with van der Waals surface area (Å²) in [6, 6.07) is 0. The molecule has 0 atom stereocenters. The summed E-state index contributed by atoms with van der Waals surface area (Å²) in [5.74, 6) is -0.829. The highest BCUT2D eigenvalue weighted by molar-refractivity contribution is 7.89. The van der Waals surface area contributed by atoms with Crippen molar-refractivity contribution < 1.29 is 22.7 Å². The molecular formula is C11H22N2O5S2. The van der Waals surface area contributed by atoms with Gasteiger partial charge < -0.3 is 15.2 Å². The molecule has 0 aromatic rings. The van der Waals surface area contributed by atoms with Crippen molar-refractivity contribution in [2.24, 2.45) is 5.73 Å². The minimum Gasteiger partial charge on any atom is -0.466 e.